The van der Waals surface area contributed by atoms with Crippen molar-refractivity contribution in [3.8, 4) is 0 Å². The third-order valence-electron chi connectivity index (χ3n) is 12.0. The molecule has 0 aromatic rings. The monoisotopic (exact) mass is 1100 g/mol. The number of ether oxygens (including phenoxy) is 2. The minimum Gasteiger partial charge on any atom is -0.756 e. The van der Waals surface area contributed by atoms with Crippen molar-refractivity contribution in [2.75, 3.05) is 47.5 Å². The molecule has 0 aliphatic rings. The van der Waals surface area contributed by atoms with Crippen LogP contribution in [0, 0.1) is 0 Å². The second-order valence-corrected chi connectivity index (χ2v) is 22.0. The molecule has 0 rings (SSSR count). The fourth-order valence-corrected chi connectivity index (χ4v) is 8.19. The Labute approximate surface area is 477 Å². The Bertz CT molecular complexity index is 1870. The van der Waals surface area contributed by atoms with Gasteiger partial charge in [-0.05, 0) is 122 Å². The van der Waals surface area contributed by atoms with Crippen molar-refractivity contribution < 1.29 is 42.1 Å². The first kappa shape index (κ1) is 73.6. The number of nitrogens with zero attached hydrogens (tertiary/aromatic N) is 1. The van der Waals surface area contributed by atoms with E-state index in [2.05, 4.69) is 172 Å². The first-order chi connectivity index (χ1) is 38.0. The van der Waals surface area contributed by atoms with E-state index in [1.54, 1.807) is 0 Å². The van der Waals surface area contributed by atoms with Crippen LogP contribution in [0.5, 0.6) is 0 Å². The topological polar surface area (TPSA) is 111 Å². The van der Waals surface area contributed by atoms with Gasteiger partial charge in [0.25, 0.3) is 7.82 Å². The Balaban J connectivity index is 4.15. The van der Waals surface area contributed by atoms with Crippen LogP contribution in [0.25, 0.3) is 0 Å². The van der Waals surface area contributed by atoms with Crippen LogP contribution in [0.2, 0.25) is 0 Å². The van der Waals surface area contributed by atoms with Gasteiger partial charge >= 0.3 is 11.9 Å². The van der Waals surface area contributed by atoms with E-state index in [4.69, 9.17) is 18.5 Å². The molecule has 0 heterocycles. The molecule has 0 aliphatic carbocycles. The number of hydrogen-bond donors (Lipinski definition) is 0. The molecule has 0 fully saturated rings. The maximum atomic E-state index is 12.8. The molecule has 78 heavy (non-hydrogen) atoms. The van der Waals surface area contributed by atoms with Crippen molar-refractivity contribution in [3.63, 3.8) is 0 Å². The van der Waals surface area contributed by atoms with E-state index in [0.29, 0.717) is 23.9 Å². The van der Waals surface area contributed by atoms with Gasteiger partial charge in [0, 0.05) is 12.8 Å². The Morgan fingerprint density at radius 1 is 0.397 bits per heavy atom. The Hall–Kier alpha value is -4.37. The van der Waals surface area contributed by atoms with Crippen LogP contribution in [0.15, 0.2) is 158 Å². The van der Waals surface area contributed by atoms with Crippen LogP contribution >= 0.6 is 7.82 Å². The van der Waals surface area contributed by atoms with E-state index >= 15 is 0 Å². The van der Waals surface area contributed by atoms with Gasteiger partial charge in [-0.25, -0.2) is 0 Å². The molecule has 440 valence electrons. The lowest BCUT2D eigenvalue weighted by Crippen LogP contribution is -2.37. The number of rotatable bonds is 53. The first-order valence-corrected chi connectivity index (χ1v) is 31.7. The van der Waals surface area contributed by atoms with Crippen molar-refractivity contribution >= 4 is 19.8 Å². The van der Waals surface area contributed by atoms with Crippen LogP contribution < -0.4 is 4.89 Å². The summed E-state index contributed by atoms with van der Waals surface area (Å²) in [7, 11) is 1.13. The summed E-state index contributed by atoms with van der Waals surface area (Å²) in [6.07, 6.45) is 85.9. The normalized spacial score (nSPS) is 14.4. The fraction of sp³-hybridized carbons (Fsp3) is 0.588. The minimum atomic E-state index is -4.65. The maximum Gasteiger partial charge on any atom is 0.306 e. The van der Waals surface area contributed by atoms with Crippen LogP contribution in [-0.4, -0.2) is 70.0 Å². The lowest BCUT2D eigenvalue weighted by atomic mass is 10.1. The molecule has 0 saturated heterocycles. The van der Waals surface area contributed by atoms with Crippen LogP contribution in [0.3, 0.4) is 0 Å². The lowest BCUT2D eigenvalue weighted by molar-refractivity contribution is -0.870. The molecular formula is C68H110NO8P. The summed E-state index contributed by atoms with van der Waals surface area (Å²) < 4.78 is 34.1. The second kappa shape index (κ2) is 57.3. The van der Waals surface area contributed by atoms with Gasteiger partial charge < -0.3 is 27.9 Å². The van der Waals surface area contributed by atoms with Crippen molar-refractivity contribution in [1.82, 2.24) is 0 Å². The number of unbranched alkanes of at least 4 members (excludes halogenated alkanes) is 13. The van der Waals surface area contributed by atoms with Crippen LogP contribution in [0.1, 0.15) is 206 Å². The zero-order valence-electron chi connectivity index (χ0n) is 49.8. The summed E-state index contributed by atoms with van der Waals surface area (Å²) in [4.78, 5) is 37.8. The number of likely N-dealkylation sites (N-methyl/N-ethyl adjacent to an activating group) is 1. The highest BCUT2D eigenvalue weighted by molar-refractivity contribution is 7.45. The Kier molecular flexibility index (Phi) is 54.1. The highest BCUT2D eigenvalue weighted by Crippen LogP contribution is 2.38. The van der Waals surface area contributed by atoms with Crippen LogP contribution in [-0.2, 0) is 32.7 Å². The molecular weight excluding hydrogens is 990 g/mol. The van der Waals surface area contributed by atoms with E-state index < -0.39 is 32.5 Å². The summed E-state index contributed by atoms with van der Waals surface area (Å²) >= 11 is 0. The van der Waals surface area contributed by atoms with Gasteiger partial charge in [-0.2, -0.15) is 0 Å². The SMILES string of the molecule is CC/C=C\C/C=C\C/C=C\C/C=C\C/C=C\C/C=C\C/C=C\C/C=C\C/C=C\C/C=C\CCCCCCCCCCC(=O)OC(COC(=O)CCCCCCC/C=C\C/C=C\C/C=C\CC)COP(=O)([O-])OCC[N+](C)(C)C. The van der Waals surface area contributed by atoms with Gasteiger partial charge in [-0.1, -0.05) is 230 Å². The average molecular weight is 1100 g/mol. The number of allylic oxidation sites excluding steroid dienone is 26. The van der Waals surface area contributed by atoms with Gasteiger partial charge in [0.15, 0.2) is 6.10 Å². The molecule has 2 atom stereocenters. The maximum absolute atomic E-state index is 12.8. The van der Waals surface area contributed by atoms with Gasteiger partial charge in [-0.15, -0.1) is 0 Å². The quantitative estimate of drug-likeness (QED) is 0.0195. The Morgan fingerprint density at radius 3 is 1.03 bits per heavy atom. The number of carbonyl (C=O) groups is 2. The van der Waals surface area contributed by atoms with Crippen molar-refractivity contribution in [2.45, 2.75) is 213 Å². The van der Waals surface area contributed by atoms with Crippen molar-refractivity contribution in [3.05, 3.63) is 158 Å². The lowest BCUT2D eigenvalue weighted by Gasteiger charge is -2.28. The molecule has 0 spiro atoms. The standard InChI is InChI=1S/C68H110NO8P/c1-6-8-10-12-14-16-18-20-22-23-24-25-26-27-28-29-30-31-32-33-34-35-36-37-38-39-40-41-42-43-44-45-47-49-51-53-55-57-59-61-68(71)77-66(65-76-78(72,73)75-63-62-69(3,4)5)64-74-67(70)60-58-56-54-52-50-48-46-21-19-17-15-13-11-9-7-2/h8-11,14-17,20-22,24-25,27-28,30-31,33-34,36-37,39-40,42-43,46,66H,6-7,12-13,18-19,23,26,29,32,35,38,41,44-45,47-65H2,1-5H3/b10-8-,11-9-,16-14-,17-15-,22-20-,25-24-,28-27-,31-30-,34-33-,37-36-,40-39-,43-42-,46-21-. The third-order valence-corrected chi connectivity index (χ3v) is 13.0. The van der Waals surface area contributed by atoms with Gasteiger partial charge in [0.05, 0.1) is 27.7 Å². The molecule has 0 aromatic carbocycles. The smallest absolute Gasteiger partial charge is 0.306 e. The minimum absolute atomic E-state index is 0.0441. The number of hydrogen-bond acceptors (Lipinski definition) is 8. The van der Waals surface area contributed by atoms with Crippen molar-refractivity contribution in [1.29, 1.82) is 0 Å². The summed E-state index contributed by atoms with van der Waals surface area (Å²) in [5, 5.41) is 0. The van der Waals surface area contributed by atoms with Gasteiger partial charge in [-0.3, -0.25) is 14.2 Å². The predicted molar refractivity (Wildman–Crippen MR) is 332 cm³/mol. The number of phosphoric ester groups is 1. The second-order valence-electron chi connectivity index (χ2n) is 20.6. The van der Waals surface area contributed by atoms with E-state index in [1.165, 1.54) is 25.7 Å². The van der Waals surface area contributed by atoms with Crippen LogP contribution in [0.4, 0.5) is 0 Å². The molecule has 2 unspecified atom stereocenters. The molecule has 10 heteroatoms. The summed E-state index contributed by atoms with van der Waals surface area (Å²) in [6.45, 7) is 3.95. The zero-order valence-corrected chi connectivity index (χ0v) is 50.7. The zero-order chi connectivity index (χ0) is 57.0. The van der Waals surface area contributed by atoms with E-state index in [1.807, 2.05) is 21.1 Å². The number of carbonyl (C=O) groups excluding carboxylic acids is 2. The molecule has 9 nitrogen and oxygen atoms in total. The molecule has 0 aromatic heterocycles. The van der Waals surface area contributed by atoms with E-state index in [-0.39, 0.29) is 26.1 Å². The number of esters is 2. The largest absolute Gasteiger partial charge is 0.756 e. The molecule has 0 aliphatic heterocycles. The fourth-order valence-electron chi connectivity index (χ4n) is 7.46. The third kappa shape index (κ3) is 60.9. The predicted octanol–water partition coefficient (Wildman–Crippen LogP) is 18.6. The van der Waals surface area contributed by atoms with Gasteiger partial charge in [0.1, 0.15) is 19.8 Å². The highest BCUT2D eigenvalue weighted by Gasteiger charge is 2.21. The van der Waals surface area contributed by atoms with Crippen molar-refractivity contribution in [2.24, 2.45) is 0 Å². The highest BCUT2D eigenvalue weighted by atomic mass is 31.2. The molecule has 0 bridgehead atoms. The summed E-state index contributed by atoms with van der Waals surface area (Å²) in [6, 6.07) is 0. The van der Waals surface area contributed by atoms with Gasteiger partial charge in [0.2, 0.25) is 0 Å². The molecule has 0 amide bonds. The molecule has 0 saturated carbocycles. The number of phosphoric acid groups is 1. The Morgan fingerprint density at radius 2 is 0.692 bits per heavy atom. The first-order valence-electron chi connectivity index (χ1n) is 30.2. The molecule has 0 N–H and O–H groups in total. The molecule has 0 radical (unpaired) electrons. The average Bonchev–Trinajstić information content (AvgIpc) is 3.41. The number of quaternary nitrogens is 1. The summed E-state index contributed by atoms with van der Waals surface area (Å²) in [5.41, 5.74) is 0. The summed E-state index contributed by atoms with van der Waals surface area (Å²) in [5.74, 6) is -0.876. The van der Waals surface area contributed by atoms with E-state index in [9.17, 15) is 19.0 Å². The van der Waals surface area contributed by atoms with E-state index in [0.717, 1.165) is 141 Å².